The molecule has 0 aliphatic carbocycles. The molecule has 1 aliphatic rings. The van der Waals surface area contributed by atoms with E-state index in [4.69, 9.17) is 30.5 Å². The van der Waals surface area contributed by atoms with Crippen LogP contribution in [0.25, 0.3) is 0 Å². The molecular weight excluding hydrogens is 486 g/mol. The normalized spacial score (nSPS) is 20.7. The SMILES string of the molecule is COCC(COC)n1c(CS(=O)(=O)[C@@H](C)[C@H](OC)c2ncc(Cl)cn2)nnc1[C@@H]1CC[C@H](C)O1. The monoisotopic (exact) mass is 517 g/mol. The molecule has 2 aromatic heterocycles. The van der Waals surface area contributed by atoms with Gasteiger partial charge in [0.25, 0.3) is 0 Å². The van der Waals surface area contributed by atoms with Crippen LogP contribution in [-0.4, -0.2) is 79.0 Å². The molecule has 1 aliphatic heterocycles. The fraction of sp³-hybridized carbons (Fsp3) is 0.714. The second kappa shape index (κ2) is 11.8. The number of sulfone groups is 1. The molecule has 0 amide bonds. The fourth-order valence-corrected chi connectivity index (χ4v) is 5.63. The predicted octanol–water partition coefficient (Wildman–Crippen LogP) is 2.49. The third-order valence-electron chi connectivity index (χ3n) is 5.87. The van der Waals surface area contributed by atoms with E-state index < -0.39 is 21.2 Å². The minimum Gasteiger partial charge on any atom is -0.382 e. The second-order valence-corrected chi connectivity index (χ2v) is 11.1. The number of hydrogen-bond acceptors (Lipinski definition) is 10. The van der Waals surface area contributed by atoms with Gasteiger partial charge in [0, 0.05) is 33.7 Å². The second-order valence-electron chi connectivity index (χ2n) is 8.35. The van der Waals surface area contributed by atoms with Crippen LogP contribution in [0.4, 0.5) is 0 Å². The van der Waals surface area contributed by atoms with Crippen LogP contribution >= 0.6 is 11.6 Å². The van der Waals surface area contributed by atoms with Gasteiger partial charge in [0.05, 0.1) is 35.6 Å². The van der Waals surface area contributed by atoms with Crippen molar-refractivity contribution < 1.29 is 27.4 Å². The average Bonchev–Trinajstić information content (AvgIpc) is 3.41. The van der Waals surface area contributed by atoms with Crippen molar-refractivity contribution in [1.82, 2.24) is 24.7 Å². The van der Waals surface area contributed by atoms with Crippen LogP contribution < -0.4 is 0 Å². The van der Waals surface area contributed by atoms with E-state index in [1.165, 1.54) is 19.5 Å². The van der Waals surface area contributed by atoms with Crippen molar-refractivity contribution in [3.63, 3.8) is 0 Å². The molecule has 0 unspecified atom stereocenters. The number of halogens is 1. The van der Waals surface area contributed by atoms with Gasteiger partial charge in [-0.2, -0.15) is 0 Å². The van der Waals surface area contributed by atoms with Crippen LogP contribution in [0.3, 0.4) is 0 Å². The maximum absolute atomic E-state index is 13.5. The third-order valence-corrected chi connectivity index (χ3v) is 8.10. The number of rotatable bonds is 12. The van der Waals surface area contributed by atoms with E-state index in [0.717, 1.165) is 12.8 Å². The molecule has 4 atom stereocenters. The van der Waals surface area contributed by atoms with Gasteiger partial charge in [-0.05, 0) is 26.7 Å². The third kappa shape index (κ3) is 6.10. The highest BCUT2D eigenvalue weighted by molar-refractivity contribution is 7.91. The highest BCUT2D eigenvalue weighted by Crippen LogP contribution is 2.34. The van der Waals surface area contributed by atoms with Gasteiger partial charge in [0.15, 0.2) is 21.5 Å². The largest absolute Gasteiger partial charge is 0.382 e. The van der Waals surface area contributed by atoms with Crippen LogP contribution in [0.5, 0.6) is 0 Å². The molecule has 0 N–H and O–H groups in total. The maximum atomic E-state index is 13.5. The van der Waals surface area contributed by atoms with E-state index in [1.54, 1.807) is 25.7 Å². The molecule has 11 nitrogen and oxygen atoms in total. The first-order valence-corrected chi connectivity index (χ1v) is 13.1. The first-order valence-electron chi connectivity index (χ1n) is 11.0. The smallest absolute Gasteiger partial charge is 0.163 e. The Kier molecular flexibility index (Phi) is 9.35. The highest BCUT2D eigenvalue weighted by atomic mass is 35.5. The number of nitrogens with zero attached hydrogens (tertiary/aromatic N) is 5. The Labute approximate surface area is 205 Å². The predicted molar refractivity (Wildman–Crippen MR) is 124 cm³/mol. The van der Waals surface area contributed by atoms with Crippen molar-refractivity contribution in [2.75, 3.05) is 34.5 Å². The summed E-state index contributed by atoms with van der Waals surface area (Å²) in [6.45, 7) is 4.15. The molecule has 0 radical (unpaired) electrons. The van der Waals surface area contributed by atoms with E-state index in [1.807, 2.05) is 6.92 Å². The summed E-state index contributed by atoms with van der Waals surface area (Å²) in [6, 6.07) is -0.321. The Balaban J connectivity index is 1.94. The lowest BCUT2D eigenvalue weighted by atomic mass is 10.2. The van der Waals surface area contributed by atoms with Crippen LogP contribution in [-0.2, 0) is 34.5 Å². The lowest BCUT2D eigenvalue weighted by Gasteiger charge is -2.24. The molecule has 1 fully saturated rings. The number of aromatic nitrogens is 5. The fourth-order valence-electron chi connectivity index (χ4n) is 4.10. The van der Waals surface area contributed by atoms with Crippen molar-refractivity contribution in [3.05, 3.63) is 34.9 Å². The molecule has 0 spiro atoms. The van der Waals surface area contributed by atoms with E-state index in [0.29, 0.717) is 24.1 Å². The maximum Gasteiger partial charge on any atom is 0.163 e. The van der Waals surface area contributed by atoms with Crippen LogP contribution in [0, 0.1) is 0 Å². The Hall–Kier alpha value is -1.70. The molecule has 13 heteroatoms. The van der Waals surface area contributed by atoms with Gasteiger partial charge >= 0.3 is 0 Å². The summed E-state index contributed by atoms with van der Waals surface area (Å²) in [4.78, 5) is 8.27. The Morgan fingerprint density at radius 2 is 1.79 bits per heavy atom. The molecule has 0 aromatic carbocycles. The summed E-state index contributed by atoms with van der Waals surface area (Å²) in [5.74, 6) is 0.734. The van der Waals surface area contributed by atoms with E-state index in [2.05, 4.69) is 20.2 Å². The zero-order valence-electron chi connectivity index (χ0n) is 20.0. The first kappa shape index (κ1) is 26.9. The van der Waals surface area contributed by atoms with Gasteiger partial charge in [-0.15, -0.1) is 10.2 Å². The molecule has 34 heavy (non-hydrogen) atoms. The van der Waals surface area contributed by atoms with Crippen LogP contribution in [0.15, 0.2) is 12.4 Å². The van der Waals surface area contributed by atoms with Crippen LogP contribution in [0.1, 0.15) is 62.4 Å². The van der Waals surface area contributed by atoms with Gasteiger partial charge in [0.2, 0.25) is 0 Å². The molecule has 3 heterocycles. The summed E-state index contributed by atoms with van der Waals surface area (Å²) in [5, 5.41) is 7.99. The summed E-state index contributed by atoms with van der Waals surface area (Å²) >= 11 is 5.87. The van der Waals surface area contributed by atoms with Gasteiger partial charge in [-0.25, -0.2) is 18.4 Å². The average molecular weight is 518 g/mol. The van der Waals surface area contributed by atoms with Crippen molar-refractivity contribution in [2.24, 2.45) is 0 Å². The van der Waals surface area contributed by atoms with E-state index >= 15 is 0 Å². The Morgan fingerprint density at radius 3 is 2.32 bits per heavy atom. The molecule has 2 aromatic rings. The zero-order chi connectivity index (χ0) is 24.9. The summed E-state index contributed by atoms with van der Waals surface area (Å²) in [6.07, 6.45) is 3.40. The lowest BCUT2D eigenvalue weighted by Crippen LogP contribution is -2.31. The summed E-state index contributed by atoms with van der Waals surface area (Å²) in [5.41, 5.74) is 0. The summed E-state index contributed by atoms with van der Waals surface area (Å²) < 4.78 is 51.0. The van der Waals surface area contributed by atoms with Gasteiger partial charge in [-0.3, -0.25) is 0 Å². The van der Waals surface area contributed by atoms with E-state index in [-0.39, 0.29) is 35.7 Å². The van der Waals surface area contributed by atoms with Crippen molar-refractivity contribution >= 4 is 21.4 Å². The minimum atomic E-state index is -3.77. The zero-order valence-corrected chi connectivity index (χ0v) is 21.6. The molecule has 1 saturated heterocycles. The number of hydrogen-bond donors (Lipinski definition) is 0. The van der Waals surface area contributed by atoms with Gasteiger partial charge < -0.3 is 23.5 Å². The van der Waals surface area contributed by atoms with E-state index in [9.17, 15) is 8.42 Å². The minimum absolute atomic E-state index is 0.0903. The molecule has 190 valence electrons. The van der Waals surface area contributed by atoms with Gasteiger partial charge in [-0.1, -0.05) is 11.6 Å². The molecule has 0 bridgehead atoms. The molecule has 0 saturated carbocycles. The standard InChI is InChI=1S/C21H32ClN5O6S/c1-13-6-7-17(33-13)21-26-25-18(27(21)16(10-30-3)11-31-4)12-34(28,29)14(2)19(32-5)20-23-8-15(22)9-24-20/h8-9,13-14,16-17,19H,6-7,10-12H2,1-5H3/t13-,14-,17-,19-/m0/s1. The number of ether oxygens (including phenoxy) is 4. The molecule has 3 rings (SSSR count). The first-order chi connectivity index (χ1) is 16.2. The molecular formula is C21H32ClN5O6S. The van der Waals surface area contributed by atoms with Crippen molar-refractivity contribution in [3.8, 4) is 0 Å². The Bertz CT molecular complexity index is 1030. The Morgan fingerprint density at radius 1 is 1.15 bits per heavy atom. The number of methoxy groups -OCH3 is 3. The topological polar surface area (TPSA) is 128 Å². The highest BCUT2D eigenvalue weighted by Gasteiger charge is 2.37. The van der Waals surface area contributed by atoms with Crippen molar-refractivity contribution in [1.29, 1.82) is 0 Å². The lowest BCUT2D eigenvalue weighted by molar-refractivity contribution is 0.0399. The van der Waals surface area contributed by atoms with Crippen molar-refractivity contribution in [2.45, 2.75) is 62.0 Å². The van der Waals surface area contributed by atoms with Gasteiger partial charge in [0.1, 0.15) is 23.8 Å². The van der Waals surface area contributed by atoms with Crippen LogP contribution in [0.2, 0.25) is 5.02 Å². The summed E-state index contributed by atoms with van der Waals surface area (Å²) in [7, 11) is 0.800. The quantitative estimate of drug-likeness (QED) is 0.414.